The zero-order chi connectivity index (χ0) is 16.9. The van der Waals surface area contributed by atoms with E-state index in [1.54, 1.807) is 18.2 Å². The normalized spacial score (nSPS) is 14.0. The van der Waals surface area contributed by atoms with Crippen molar-refractivity contribution in [2.75, 3.05) is 6.54 Å². The lowest BCUT2D eigenvalue weighted by atomic mass is 10.2. The van der Waals surface area contributed by atoms with Crippen LogP contribution in [0.15, 0.2) is 48.5 Å². The zero-order valence-corrected chi connectivity index (χ0v) is 14.1. The van der Waals surface area contributed by atoms with Gasteiger partial charge in [-0.05, 0) is 36.6 Å². The third kappa shape index (κ3) is 4.79. The Balaban J connectivity index is 1.54. The minimum atomic E-state index is -0.294. The van der Waals surface area contributed by atoms with Gasteiger partial charge in [0, 0.05) is 29.7 Å². The topological polar surface area (TPSA) is 32.3 Å². The standard InChI is InChI=1S/C19H20ClFN2O/c20-16-7-5-14(6-8-16)12-23(17-9-10-17)13-19(24)22-11-15-3-1-2-4-18(15)21/h1-8,17H,9-13H2,(H,22,24). The van der Waals surface area contributed by atoms with Gasteiger partial charge in [0.15, 0.2) is 0 Å². The van der Waals surface area contributed by atoms with Gasteiger partial charge < -0.3 is 5.32 Å². The molecule has 2 aromatic carbocycles. The zero-order valence-electron chi connectivity index (χ0n) is 13.3. The van der Waals surface area contributed by atoms with Gasteiger partial charge in [-0.25, -0.2) is 4.39 Å². The van der Waals surface area contributed by atoms with Gasteiger partial charge in [0.05, 0.1) is 6.54 Å². The molecule has 3 rings (SSSR count). The Hall–Kier alpha value is -1.91. The van der Waals surface area contributed by atoms with E-state index < -0.39 is 0 Å². The molecule has 5 heteroatoms. The first-order chi connectivity index (χ1) is 11.6. The second-order valence-electron chi connectivity index (χ2n) is 6.13. The molecule has 0 aliphatic heterocycles. The van der Waals surface area contributed by atoms with Crippen LogP contribution in [0.1, 0.15) is 24.0 Å². The summed E-state index contributed by atoms with van der Waals surface area (Å²) in [5, 5.41) is 3.51. The minimum absolute atomic E-state index is 0.0842. The number of amides is 1. The van der Waals surface area contributed by atoms with E-state index in [0.29, 0.717) is 23.2 Å². The van der Waals surface area contributed by atoms with Crippen molar-refractivity contribution in [3.8, 4) is 0 Å². The van der Waals surface area contributed by atoms with Crippen LogP contribution in [-0.2, 0) is 17.9 Å². The van der Waals surface area contributed by atoms with Gasteiger partial charge in [0.1, 0.15) is 5.82 Å². The molecule has 0 saturated heterocycles. The highest BCUT2D eigenvalue weighted by Crippen LogP contribution is 2.28. The molecule has 0 radical (unpaired) electrons. The lowest BCUT2D eigenvalue weighted by Crippen LogP contribution is -2.38. The van der Waals surface area contributed by atoms with Crippen molar-refractivity contribution >= 4 is 17.5 Å². The van der Waals surface area contributed by atoms with Crippen molar-refractivity contribution < 1.29 is 9.18 Å². The van der Waals surface area contributed by atoms with Crippen molar-refractivity contribution in [2.45, 2.75) is 32.0 Å². The van der Waals surface area contributed by atoms with Gasteiger partial charge in [-0.3, -0.25) is 9.69 Å². The van der Waals surface area contributed by atoms with Crippen LogP contribution in [0.5, 0.6) is 0 Å². The Bertz CT molecular complexity index is 701. The quantitative estimate of drug-likeness (QED) is 0.828. The number of carbonyl (C=O) groups excluding carboxylic acids is 1. The maximum Gasteiger partial charge on any atom is 0.234 e. The molecule has 1 fully saturated rings. The largest absolute Gasteiger partial charge is 0.351 e. The first kappa shape index (κ1) is 16.9. The molecule has 0 aromatic heterocycles. The van der Waals surface area contributed by atoms with Gasteiger partial charge in [-0.2, -0.15) is 0 Å². The average Bonchev–Trinajstić information content (AvgIpc) is 3.40. The summed E-state index contributed by atoms with van der Waals surface area (Å²) in [5.41, 5.74) is 1.63. The monoisotopic (exact) mass is 346 g/mol. The maximum absolute atomic E-state index is 13.6. The van der Waals surface area contributed by atoms with Crippen LogP contribution in [0, 0.1) is 5.82 Å². The predicted molar refractivity (Wildman–Crippen MR) is 93.1 cm³/mol. The number of hydrogen-bond acceptors (Lipinski definition) is 2. The lowest BCUT2D eigenvalue weighted by Gasteiger charge is -2.21. The number of halogens is 2. The molecular formula is C19H20ClFN2O. The van der Waals surface area contributed by atoms with Crippen LogP contribution in [-0.4, -0.2) is 23.4 Å². The number of nitrogens with one attached hydrogen (secondary N) is 1. The van der Waals surface area contributed by atoms with Crippen molar-refractivity contribution in [1.82, 2.24) is 10.2 Å². The first-order valence-corrected chi connectivity index (χ1v) is 8.48. The molecular weight excluding hydrogens is 327 g/mol. The third-order valence-corrected chi connectivity index (χ3v) is 4.39. The molecule has 0 atom stereocenters. The Morgan fingerprint density at radius 2 is 1.88 bits per heavy atom. The van der Waals surface area contributed by atoms with Crippen molar-refractivity contribution in [3.05, 3.63) is 70.5 Å². The highest BCUT2D eigenvalue weighted by molar-refractivity contribution is 6.30. The van der Waals surface area contributed by atoms with Gasteiger partial charge in [-0.15, -0.1) is 0 Å². The lowest BCUT2D eigenvalue weighted by molar-refractivity contribution is -0.122. The van der Waals surface area contributed by atoms with Crippen molar-refractivity contribution in [1.29, 1.82) is 0 Å². The number of rotatable bonds is 7. The molecule has 126 valence electrons. The van der Waals surface area contributed by atoms with E-state index in [9.17, 15) is 9.18 Å². The molecule has 24 heavy (non-hydrogen) atoms. The molecule has 1 N–H and O–H groups in total. The fourth-order valence-electron chi connectivity index (χ4n) is 2.65. The van der Waals surface area contributed by atoms with Gasteiger partial charge >= 0.3 is 0 Å². The van der Waals surface area contributed by atoms with Crippen molar-refractivity contribution in [3.63, 3.8) is 0 Å². The molecule has 0 spiro atoms. The summed E-state index contributed by atoms with van der Waals surface area (Å²) < 4.78 is 13.6. The highest BCUT2D eigenvalue weighted by Gasteiger charge is 2.30. The second-order valence-corrected chi connectivity index (χ2v) is 6.57. The van der Waals surface area contributed by atoms with Crippen LogP contribution in [0.4, 0.5) is 4.39 Å². The summed E-state index contributed by atoms with van der Waals surface area (Å²) in [4.78, 5) is 14.4. The number of nitrogens with zero attached hydrogens (tertiary/aromatic N) is 1. The average molecular weight is 347 g/mol. The van der Waals surface area contributed by atoms with Crippen molar-refractivity contribution in [2.24, 2.45) is 0 Å². The van der Waals surface area contributed by atoms with E-state index in [1.807, 2.05) is 24.3 Å². The predicted octanol–water partition coefficient (Wildman–Crippen LogP) is 3.76. The summed E-state index contributed by atoms with van der Waals surface area (Å²) in [7, 11) is 0. The summed E-state index contributed by atoms with van der Waals surface area (Å²) in [6, 6.07) is 14.6. The Kier molecular flexibility index (Phi) is 5.48. The van der Waals surface area contributed by atoms with Gasteiger partial charge in [0.25, 0.3) is 0 Å². The molecule has 1 aliphatic carbocycles. The summed E-state index contributed by atoms with van der Waals surface area (Å²) >= 11 is 5.91. The van der Waals surface area contributed by atoms with Gasteiger partial charge in [0.2, 0.25) is 5.91 Å². The van der Waals surface area contributed by atoms with Crippen LogP contribution in [0.3, 0.4) is 0 Å². The van der Waals surface area contributed by atoms with Gasteiger partial charge in [-0.1, -0.05) is 41.9 Å². The summed E-state index contributed by atoms with van der Waals surface area (Å²) in [6.45, 7) is 1.25. The van der Waals surface area contributed by atoms with E-state index in [2.05, 4.69) is 10.2 Å². The fourth-order valence-corrected chi connectivity index (χ4v) is 2.78. The molecule has 1 amide bonds. The minimum Gasteiger partial charge on any atom is -0.351 e. The number of benzene rings is 2. The third-order valence-electron chi connectivity index (χ3n) is 4.14. The molecule has 0 unspecified atom stereocenters. The van der Waals surface area contributed by atoms with E-state index >= 15 is 0 Å². The molecule has 1 saturated carbocycles. The summed E-state index contributed by atoms with van der Waals surface area (Å²) in [6.07, 6.45) is 2.24. The number of carbonyl (C=O) groups is 1. The molecule has 0 bridgehead atoms. The van der Waals surface area contributed by atoms with Crippen LogP contribution in [0.2, 0.25) is 5.02 Å². The Morgan fingerprint density at radius 3 is 2.54 bits per heavy atom. The first-order valence-electron chi connectivity index (χ1n) is 8.10. The second kappa shape index (κ2) is 7.77. The van der Waals surface area contributed by atoms with E-state index in [0.717, 1.165) is 24.9 Å². The van der Waals surface area contributed by atoms with Crippen LogP contribution < -0.4 is 5.32 Å². The van der Waals surface area contributed by atoms with Crippen LogP contribution >= 0.6 is 11.6 Å². The Labute approximate surface area is 146 Å². The number of hydrogen-bond donors (Lipinski definition) is 1. The molecule has 0 heterocycles. The molecule has 2 aromatic rings. The summed E-state index contributed by atoms with van der Waals surface area (Å²) in [5.74, 6) is -0.378. The van der Waals surface area contributed by atoms with E-state index in [1.165, 1.54) is 6.07 Å². The smallest absolute Gasteiger partial charge is 0.234 e. The SMILES string of the molecule is O=C(CN(Cc1ccc(Cl)cc1)C1CC1)NCc1ccccc1F. The fraction of sp³-hybridized carbons (Fsp3) is 0.316. The molecule has 3 nitrogen and oxygen atoms in total. The maximum atomic E-state index is 13.6. The highest BCUT2D eigenvalue weighted by atomic mass is 35.5. The molecule has 1 aliphatic rings. The van der Waals surface area contributed by atoms with E-state index in [4.69, 9.17) is 11.6 Å². The Morgan fingerprint density at radius 1 is 1.17 bits per heavy atom. The van der Waals surface area contributed by atoms with Crippen LogP contribution in [0.25, 0.3) is 0 Å². The van der Waals surface area contributed by atoms with E-state index in [-0.39, 0.29) is 18.3 Å².